The van der Waals surface area contributed by atoms with E-state index in [1.165, 1.54) is 5.56 Å². The molecule has 3 amide bonds. The van der Waals surface area contributed by atoms with Gasteiger partial charge in [0.15, 0.2) is 0 Å². The Balaban J connectivity index is 0.00000312. The van der Waals surface area contributed by atoms with Crippen molar-refractivity contribution in [1.82, 2.24) is 15.5 Å². The van der Waals surface area contributed by atoms with Crippen molar-refractivity contribution in [1.29, 1.82) is 0 Å². The average molecular weight is 367 g/mol. The summed E-state index contributed by atoms with van der Waals surface area (Å²) in [6.45, 7) is 7.74. The number of carbonyl (C=O) groups is 2. The largest absolute Gasteiger partial charge is 0.334 e. The van der Waals surface area contributed by atoms with E-state index in [4.69, 9.17) is 5.73 Å². The van der Waals surface area contributed by atoms with E-state index in [-0.39, 0.29) is 24.4 Å². The van der Waals surface area contributed by atoms with E-state index in [1.807, 2.05) is 25.1 Å². The molecule has 1 heterocycles. The fourth-order valence-corrected chi connectivity index (χ4v) is 3.13. The monoisotopic (exact) mass is 366 g/mol. The van der Waals surface area contributed by atoms with E-state index in [0.717, 1.165) is 13.1 Å². The highest BCUT2D eigenvalue weighted by molar-refractivity contribution is 5.96. The van der Waals surface area contributed by atoms with Crippen LogP contribution in [0.3, 0.4) is 0 Å². The van der Waals surface area contributed by atoms with Crippen molar-refractivity contribution in [3.63, 3.8) is 0 Å². The lowest BCUT2D eigenvalue weighted by Crippen LogP contribution is -2.49. The molecule has 0 aliphatic carbocycles. The van der Waals surface area contributed by atoms with Crippen LogP contribution in [0.4, 0.5) is 4.79 Å². The summed E-state index contributed by atoms with van der Waals surface area (Å²) < 4.78 is 0. The lowest BCUT2D eigenvalue weighted by molar-refractivity contribution is -0.124. The molecule has 7 heteroatoms. The lowest BCUT2D eigenvalue weighted by atomic mass is 9.89. The van der Waals surface area contributed by atoms with Gasteiger partial charge >= 0.3 is 6.03 Å². The van der Waals surface area contributed by atoms with Gasteiger partial charge in [0, 0.05) is 25.6 Å². The Morgan fingerprint density at radius 1 is 1.36 bits per heavy atom. The van der Waals surface area contributed by atoms with E-state index in [9.17, 15) is 9.59 Å². The first-order chi connectivity index (χ1) is 11.6. The number of likely N-dealkylation sites (tertiary alicyclic amines) is 1. The number of rotatable bonds is 6. The molecule has 0 saturated carbocycles. The van der Waals surface area contributed by atoms with Crippen LogP contribution in [0.2, 0.25) is 0 Å². The molecule has 4 N–H and O–H groups in total. The average Bonchev–Trinajstić information content (AvgIpc) is 3.04. The molecule has 0 spiro atoms. The van der Waals surface area contributed by atoms with E-state index in [2.05, 4.69) is 34.2 Å². The first kappa shape index (κ1) is 21.2. The fourth-order valence-electron chi connectivity index (χ4n) is 3.13. The van der Waals surface area contributed by atoms with Crippen LogP contribution in [-0.2, 0) is 4.79 Å². The Hall–Kier alpha value is -1.89. The molecule has 1 unspecified atom stereocenters. The quantitative estimate of drug-likeness (QED) is 0.665. The van der Waals surface area contributed by atoms with Crippen molar-refractivity contribution >= 4 is 24.3 Å². The third-order valence-corrected chi connectivity index (χ3v) is 4.57. The van der Waals surface area contributed by atoms with Crippen molar-refractivity contribution in [2.24, 2.45) is 11.7 Å². The number of nitrogens with one attached hydrogen (secondary N) is 2. The van der Waals surface area contributed by atoms with Gasteiger partial charge in [-0.25, -0.2) is 4.79 Å². The van der Waals surface area contributed by atoms with Crippen molar-refractivity contribution in [2.75, 3.05) is 26.2 Å². The number of benzene rings is 1. The van der Waals surface area contributed by atoms with Crippen LogP contribution in [0.5, 0.6) is 0 Å². The highest BCUT2D eigenvalue weighted by Gasteiger charge is 2.37. The van der Waals surface area contributed by atoms with Gasteiger partial charge in [0.05, 0.1) is 6.04 Å². The van der Waals surface area contributed by atoms with E-state index >= 15 is 0 Å². The molecule has 138 valence electrons. The number of nitrogens with two attached hydrogens (primary N) is 1. The third kappa shape index (κ3) is 5.56. The number of nitrogens with zero attached hydrogens (tertiary/aromatic N) is 1. The number of urea groups is 1. The molecule has 0 radical (unpaired) electrons. The first-order valence-electron chi connectivity index (χ1n) is 8.25. The molecule has 1 aromatic carbocycles. The Morgan fingerprint density at radius 2 is 2.04 bits per heavy atom. The fraction of sp³-hybridized carbons (Fsp3) is 0.444. The van der Waals surface area contributed by atoms with Gasteiger partial charge in [-0.2, -0.15) is 0 Å². The molecular weight excluding hydrogens is 340 g/mol. The summed E-state index contributed by atoms with van der Waals surface area (Å²) in [6, 6.07) is 9.35. The second-order valence-corrected chi connectivity index (χ2v) is 6.13. The van der Waals surface area contributed by atoms with Gasteiger partial charge in [0.1, 0.15) is 0 Å². The maximum Gasteiger partial charge on any atom is 0.321 e. The molecule has 1 aromatic rings. The normalized spacial score (nSPS) is 21.0. The van der Waals surface area contributed by atoms with Gasteiger partial charge in [-0.15, -0.1) is 19.0 Å². The number of hydrogen-bond donors (Lipinski definition) is 3. The Kier molecular flexibility index (Phi) is 8.61. The maximum absolute atomic E-state index is 12.3. The molecule has 2 rings (SSSR count). The maximum atomic E-state index is 12.3. The van der Waals surface area contributed by atoms with Crippen LogP contribution >= 0.6 is 12.4 Å². The molecule has 0 bridgehead atoms. The standard InChI is InChI=1S/C18H26N4O2.ClH/c1-3-9-20-18(24)21-17(23)13(2)22-11-15(10-19)16(12-22)14-7-5-4-6-8-14;/h3-8,13,15-16H,1,9-12,19H2,2H3,(H2,20,21,23,24);1H/t13?,15-,16+;/m1./s1. The van der Waals surface area contributed by atoms with Crippen molar-refractivity contribution in [3.05, 3.63) is 48.6 Å². The summed E-state index contributed by atoms with van der Waals surface area (Å²) >= 11 is 0. The highest BCUT2D eigenvalue weighted by atomic mass is 35.5. The van der Waals surface area contributed by atoms with Gasteiger partial charge in [0.2, 0.25) is 5.91 Å². The smallest absolute Gasteiger partial charge is 0.321 e. The zero-order valence-corrected chi connectivity index (χ0v) is 15.3. The number of carbonyl (C=O) groups excluding carboxylic acids is 2. The van der Waals surface area contributed by atoms with Crippen LogP contribution in [0, 0.1) is 5.92 Å². The Labute approximate surface area is 155 Å². The zero-order chi connectivity index (χ0) is 17.5. The van der Waals surface area contributed by atoms with Crippen LogP contribution in [0.25, 0.3) is 0 Å². The molecule has 25 heavy (non-hydrogen) atoms. The first-order valence-corrected chi connectivity index (χ1v) is 8.25. The molecular formula is C18H27ClN4O2. The third-order valence-electron chi connectivity index (χ3n) is 4.57. The highest BCUT2D eigenvalue weighted by Crippen LogP contribution is 2.32. The van der Waals surface area contributed by atoms with Crippen LogP contribution in [-0.4, -0.2) is 49.1 Å². The number of hydrogen-bond acceptors (Lipinski definition) is 4. The zero-order valence-electron chi connectivity index (χ0n) is 14.5. The van der Waals surface area contributed by atoms with Gasteiger partial charge in [-0.1, -0.05) is 36.4 Å². The van der Waals surface area contributed by atoms with E-state index < -0.39 is 6.03 Å². The van der Waals surface area contributed by atoms with Gasteiger partial charge < -0.3 is 11.1 Å². The van der Waals surface area contributed by atoms with Crippen LogP contribution < -0.4 is 16.4 Å². The summed E-state index contributed by atoms with van der Waals surface area (Å²) in [7, 11) is 0. The molecule has 1 aliphatic rings. The summed E-state index contributed by atoms with van der Waals surface area (Å²) in [5, 5.41) is 4.90. The minimum atomic E-state index is -0.499. The number of halogens is 1. The van der Waals surface area contributed by atoms with Crippen LogP contribution in [0.1, 0.15) is 18.4 Å². The van der Waals surface area contributed by atoms with E-state index in [0.29, 0.717) is 24.9 Å². The van der Waals surface area contributed by atoms with Gasteiger partial charge in [-0.05, 0) is 24.9 Å². The SMILES string of the molecule is C=CCNC(=O)NC(=O)C(C)N1C[C@@H](CN)[C@H](c2ccccc2)C1.Cl. The minimum absolute atomic E-state index is 0. The second-order valence-electron chi connectivity index (χ2n) is 6.13. The summed E-state index contributed by atoms with van der Waals surface area (Å²) in [6.07, 6.45) is 1.56. The van der Waals surface area contributed by atoms with Crippen molar-refractivity contribution in [2.45, 2.75) is 18.9 Å². The predicted molar refractivity (Wildman–Crippen MR) is 102 cm³/mol. The predicted octanol–water partition coefficient (Wildman–Crippen LogP) is 1.48. The molecule has 0 aromatic heterocycles. The molecule has 1 aliphatic heterocycles. The molecule has 3 atom stereocenters. The van der Waals surface area contributed by atoms with Crippen molar-refractivity contribution < 1.29 is 9.59 Å². The van der Waals surface area contributed by atoms with Gasteiger partial charge in [0.25, 0.3) is 0 Å². The minimum Gasteiger partial charge on any atom is -0.334 e. The molecule has 1 fully saturated rings. The lowest BCUT2D eigenvalue weighted by Gasteiger charge is -2.23. The summed E-state index contributed by atoms with van der Waals surface area (Å²) in [5.41, 5.74) is 7.18. The van der Waals surface area contributed by atoms with E-state index in [1.54, 1.807) is 6.08 Å². The number of amides is 3. The molecule has 1 saturated heterocycles. The van der Waals surface area contributed by atoms with Crippen LogP contribution in [0.15, 0.2) is 43.0 Å². The Bertz CT molecular complexity index is 582. The molecule has 6 nitrogen and oxygen atoms in total. The topological polar surface area (TPSA) is 87.5 Å². The summed E-state index contributed by atoms with van der Waals surface area (Å²) in [5.74, 6) is 0.305. The van der Waals surface area contributed by atoms with Crippen molar-refractivity contribution in [3.8, 4) is 0 Å². The van der Waals surface area contributed by atoms with Gasteiger partial charge in [-0.3, -0.25) is 15.0 Å². The number of imide groups is 1. The Morgan fingerprint density at radius 3 is 2.64 bits per heavy atom. The summed E-state index contributed by atoms with van der Waals surface area (Å²) in [4.78, 5) is 26.0. The second kappa shape index (κ2) is 10.2.